The molecular weight excluding hydrogens is 594 g/mol. The zero-order chi connectivity index (χ0) is 33.4. The van der Waals surface area contributed by atoms with Gasteiger partial charge in [0.25, 0.3) is 0 Å². The van der Waals surface area contributed by atoms with Crippen LogP contribution in [0.15, 0.2) is 18.2 Å². The lowest BCUT2D eigenvalue weighted by atomic mass is 9.74. The molecule has 3 amide bonds. The van der Waals surface area contributed by atoms with E-state index in [1.807, 2.05) is 53.6 Å². The summed E-state index contributed by atoms with van der Waals surface area (Å²) in [6.07, 6.45) is 4.63. The molecule has 7 nitrogen and oxygen atoms in total. The second kappa shape index (κ2) is 13.9. The van der Waals surface area contributed by atoms with Crippen LogP contribution in [0.25, 0.3) is 0 Å². The van der Waals surface area contributed by atoms with Gasteiger partial charge >= 0.3 is 0 Å². The summed E-state index contributed by atoms with van der Waals surface area (Å²) >= 11 is 1.68. The molecular formula is C35H54F2N4O3S. The highest BCUT2D eigenvalue weighted by Crippen LogP contribution is 2.43. The van der Waals surface area contributed by atoms with E-state index in [1.165, 1.54) is 12.1 Å². The van der Waals surface area contributed by atoms with Crippen LogP contribution in [0.4, 0.5) is 8.78 Å². The molecule has 0 unspecified atom stereocenters. The zero-order valence-corrected chi connectivity index (χ0v) is 29.6. The molecule has 10 heteroatoms. The van der Waals surface area contributed by atoms with Crippen molar-refractivity contribution in [3.8, 4) is 0 Å². The highest BCUT2D eigenvalue weighted by atomic mass is 32.2. The minimum absolute atomic E-state index is 0.0853. The lowest BCUT2D eigenvalue weighted by molar-refractivity contribution is -0.147. The molecule has 1 aliphatic carbocycles. The van der Waals surface area contributed by atoms with E-state index in [-0.39, 0.29) is 65.2 Å². The minimum Gasteiger partial charge on any atom is -0.341 e. The lowest BCUT2D eigenvalue weighted by Gasteiger charge is -2.45. The molecule has 0 N–H and O–H groups in total. The molecule has 2 saturated heterocycles. The van der Waals surface area contributed by atoms with E-state index in [2.05, 4.69) is 23.6 Å². The van der Waals surface area contributed by atoms with Crippen LogP contribution in [-0.2, 0) is 14.4 Å². The van der Waals surface area contributed by atoms with Gasteiger partial charge in [-0.2, -0.15) is 0 Å². The Hall–Kier alpha value is -2.20. The van der Waals surface area contributed by atoms with Gasteiger partial charge in [0, 0.05) is 54.9 Å². The average molecular weight is 649 g/mol. The molecule has 3 aliphatic rings. The number of amides is 3. The van der Waals surface area contributed by atoms with Gasteiger partial charge in [0.05, 0.1) is 17.3 Å². The Labute approximate surface area is 273 Å². The van der Waals surface area contributed by atoms with Gasteiger partial charge in [0.2, 0.25) is 17.7 Å². The van der Waals surface area contributed by atoms with Gasteiger partial charge in [-0.05, 0) is 63.2 Å². The van der Waals surface area contributed by atoms with Crippen molar-refractivity contribution in [2.45, 2.75) is 104 Å². The molecule has 3 fully saturated rings. The van der Waals surface area contributed by atoms with Gasteiger partial charge in [-0.3, -0.25) is 14.4 Å². The summed E-state index contributed by atoms with van der Waals surface area (Å²) in [5.41, 5.74) is -0.0528. The molecule has 1 aromatic carbocycles. The Bertz CT molecular complexity index is 1240. The topological polar surface area (TPSA) is 64.2 Å². The fourth-order valence-electron chi connectivity index (χ4n) is 7.21. The summed E-state index contributed by atoms with van der Waals surface area (Å²) < 4.78 is 29.1. The number of halogens is 2. The number of thioether (sulfide) groups is 1. The Morgan fingerprint density at radius 3 is 2.22 bits per heavy atom. The quantitative estimate of drug-likeness (QED) is 0.315. The van der Waals surface area contributed by atoms with Crippen LogP contribution in [0.1, 0.15) is 92.1 Å². The minimum atomic E-state index is -0.698. The van der Waals surface area contributed by atoms with Crippen molar-refractivity contribution in [3.63, 3.8) is 0 Å². The first-order chi connectivity index (χ1) is 20.9. The Balaban J connectivity index is 1.68. The fraction of sp³-hybridized carbons (Fsp3) is 0.743. The predicted octanol–water partition coefficient (Wildman–Crippen LogP) is 6.19. The number of hydrogen-bond acceptors (Lipinski definition) is 5. The Kier molecular flexibility index (Phi) is 11.0. The number of likely N-dealkylation sites (tertiary alicyclic amines) is 2. The second-order valence-electron chi connectivity index (χ2n) is 15.8. The molecule has 252 valence electrons. The Morgan fingerprint density at radius 2 is 1.67 bits per heavy atom. The van der Waals surface area contributed by atoms with Crippen molar-refractivity contribution in [1.29, 1.82) is 0 Å². The molecule has 0 radical (unpaired) electrons. The van der Waals surface area contributed by atoms with E-state index in [4.69, 9.17) is 0 Å². The summed E-state index contributed by atoms with van der Waals surface area (Å²) in [4.78, 5) is 49.6. The standard InChI is InChI=1S/C35H54F2N4O3S/c1-22(2)31(42)39-19-27(26-11-10-23(36)16-29(26)37)28(20-39)32(43)40-18-25(17-30(40)45-21-38(8)9)41(33(44)34(3,4)5)24-12-14-35(6,7)15-13-24/h10-11,16,22,24-25,27-28,30H,12-15,17-21H2,1-9H3/t25-,27-,28+,30-/m0/s1. The lowest BCUT2D eigenvalue weighted by Crippen LogP contribution is -2.54. The van der Waals surface area contributed by atoms with E-state index >= 15 is 4.39 Å². The van der Waals surface area contributed by atoms with Crippen LogP contribution in [0.2, 0.25) is 0 Å². The first-order valence-corrected chi connectivity index (χ1v) is 17.6. The van der Waals surface area contributed by atoms with E-state index in [0.717, 1.165) is 31.7 Å². The monoisotopic (exact) mass is 648 g/mol. The van der Waals surface area contributed by atoms with Crippen LogP contribution in [0, 0.1) is 34.3 Å². The normalized spacial score (nSPS) is 25.8. The van der Waals surface area contributed by atoms with Crippen LogP contribution >= 0.6 is 11.8 Å². The van der Waals surface area contributed by atoms with Gasteiger partial charge < -0.3 is 19.6 Å². The second-order valence-corrected chi connectivity index (χ2v) is 17.0. The van der Waals surface area contributed by atoms with Crippen LogP contribution in [-0.4, -0.2) is 94.4 Å². The summed E-state index contributed by atoms with van der Waals surface area (Å²) in [5.74, 6) is -2.31. The van der Waals surface area contributed by atoms with E-state index in [0.29, 0.717) is 18.8 Å². The summed E-state index contributed by atoms with van der Waals surface area (Å²) in [6.45, 7) is 14.9. The molecule has 1 saturated carbocycles. The van der Waals surface area contributed by atoms with Gasteiger partial charge in [0.15, 0.2) is 0 Å². The molecule has 45 heavy (non-hydrogen) atoms. The number of hydrogen-bond donors (Lipinski definition) is 0. The number of benzene rings is 1. The Morgan fingerprint density at radius 1 is 1.02 bits per heavy atom. The van der Waals surface area contributed by atoms with E-state index in [1.54, 1.807) is 16.7 Å². The summed E-state index contributed by atoms with van der Waals surface area (Å²) in [7, 11) is 3.98. The zero-order valence-electron chi connectivity index (χ0n) is 28.7. The first kappa shape index (κ1) is 35.7. The maximum atomic E-state index is 15.2. The van der Waals surface area contributed by atoms with Gasteiger partial charge in [-0.25, -0.2) is 8.78 Å². The molecule has 0 spiro atoms. The molecule has 0 aromatic heterocycles. The van der Waals surface area contributed by atoms with E-state index < -0.39 is 28.9 Å². The SMILES string of the molecule is CC(C)C(=O)N1C[C@@H](C(=O)N2C[C@@H](N(C(=O)C(C)(C)C)C3CCC(C)(C)CC3)C[C@@H]2SCN(C)C)[C@H](c2ccc(F)cc2F)C1. The third kappa shape index (κ3) is 8.21. The third-order valence-electron chi connectivity index (χ3n) is 9.81. The molecule has 4 rings (SSSR count). The number of carbonyl (C=O) groups is 3. The largest absolute Gasteiger partial charge is 0.341 e. The highest BCUT2D eigenvalue weighted by Gasteiger charge is 2.49. The fourth-order valence-corrected chi connectivity index (χ4v) is 8.41. The summed E-state index contributed by atoms with van der Waals surface area (Å²) in [5, 5.41) is -0.172. The highest BCUT2D eigenvalue weighted by molar-refractivity contribution is 7.99. The number of rotatable bonds is 8. The molecule has 0 bridgehead atoms. The van der Waals surface area contributed by atoms with Crippen LogP contribution in [0.5, 0.6) is 0 Å². The third-order valence-corrected chi connectivity index (χ3v) is 11.3. The van der Waals surface area contributed by atoms with Gasteiger partial charge in [-0.1, -0.05) is 54.5 Å². The molecule has 4 atom stereocenters. The number of carbonyl (C=O) groups excluding carboxylic acids is 3. The maximum Gasteiger partial charge on any atom is 0.229 e. The van der Waals surface area contributed by atoms with Crippen molar-refractivity contribution in [1.82, 2.24) is 19.6 Å². The molecule has 1 aromatic rings. The van der Waals surface area contributed by atoms with Crippen molar-refractivity contribution >= 4 is 29.5 Å². The van der Waals surface area contributed by atoms with Gasteiger partial charge in [0.1, 0.15) is 11.6 Å². The van der Waals surface area contributed by atoms with Crippen LogP contribution < -0.4 is 0 Å². The van der Waals surface area contributed by atoms with E-state index in [9.17, 15) is 18.8 Å². The van der Waals surface area contributed by atoms with Crippen molar-refractivity contribution in [2.75, 3.05) is 39.6 Å². The number of nitrogens with zero attached hydrogens (tertiary/aromatic N) is 4. The smallest absolute Gasteiger partial charge is 0.229 e. The van der Waals surface area contributed by atoms with Gasteiger partial charge in [-0.15, -0.1) is 11.8 Å². The molecule has 2 aliphatic heterocycles. The van der Waals surface area contributed by atoms with Crippen molar-refractivity contribution in [2.24, 2.45) is 22.7 Å². The van der Waals surface area contributed by atoms with Crippen molar-refractivity contribution in [3.05, 3.63) is 35.4 Å². The average Bonchev–Trinajstić information content (AvgIpc) is 3.56. The maximum absolute atomic E-state index is 15.2. The predicted molar refractivity (Wildman–Crippen MR) is 176 cm³/mol. The first-order valence-electron chi connectivity index (χ1n) is 16.5. The molecule has 2 heterocycles. The van der Waals surface area contributed by atoms with Crippen molar-refractivity contribution < 1.29 is 23.2 Å². The summed E-state index contributed by atoms with van der Waals surface area (Å²) in [6, 6.07) is 3.47. The van der Waals surface area contributed by atoms with Crippen LogP contribution in [0.3, 0.4) is 0 Å².